The summed E-state index contributed by atoms with van der Waals surface area (Å²) < 4.78 is 18.4. The second-order valence-corrected chi connectivity index (χ2v) is 12.2. The van der Waals surface area contributed by atoms with E-state index in [-0.39, 0.29) is 27.7 Å². The van der Waals surface area contributed by atoms with Gasteiger partial charge in [-0.15, -0.1) is 0 Å². The van der Waals surface area contributed by atoms with Gasteiger partial charge in [0, 0.05) is 52.9 Å². The number of ether oxygens (including phenoxy) is 3. The average molecular weight is 520 g/mol. The number of methoxy groups -OCH3 is 2. The fourth-order valence-electron chi connectivity index (χ4n) is 7.49. The zero-order chi connectivity index (χ0) is 23.9. The van der Waals surface area contributed by atoms with Crippen LogP contribution in [0.3, 0.4) is 0 Å². The first-order valence-corrected chi connectivity index (χ1v) is 12.8. The third-order valence-electron chi connectivity index (χ3n) is 9.64. The number of hydrogen-bond donors (Lipinski definition) is 1. The monoisotopic (exact) mass is 519 g/mol. The van der Waals surface area contributed by atoms with Crippen LogP contribution in [-0.2, 0) is 22.4 Å². The molecule has 0 radical (unpaired) electrons. The molecular weight excluding hydrogens is 486 g/mol. The number of amides is 1. The summed E-state index contributed by atoms with van der Waals surface area (Å²) in [6.07, 6.45) is 3.67. The third kappa shape index (κ3) is 2.87. The Labute approximate surface area is 204 Å². The van der Waals surface area contributed by atoms with Crippen LogP contribution >= 0.6 is 15.9 Å². The van der Waals surface area contributed by atoms with Crippen LogP contribution in [0.15, 0.2) is 6.07 Å². The van der Waals surface area contributed by atoms with Crippen LogP contribution in [0.4, 0.5) is 0 Å². The van der Waals surface area contributed by atoms with Crippen LogP contribution in [-0.4, -0.2) is 42.6 Å². The van der Waals surface area contributed by atoms with Crippen LogP contribution in [0.2, 0.25) is 0 Å². The van der Waals surface area contributed by atoms with Crippen molar-refractivity contribution in [2.24, 2.45) is 22.7 Å². The van der Waals surface area contributed by atoms with Crippen molar-refractivity contribution in [2.75, 3.05) is 14.2 Å². The Morgan fingerprint density at radius 1 is 1.21 bits per heavy atom. The molecule has 1 aromatic rings. The minimum atomic E-state index is -0.458. The summed E-state index contributed by atoms with van der Waals surface area (Å²) in [5.41, 5.74) is 2.00. The average Bonchev–Trinajstić information content (AvgIpc) is 3.15. The first-order valence-electron chi connectivity index (χ1n) is 11.9. The van der Waals surface area contributed by atoms with Crippen molar-refractivity contribution < 1.29 is 23.8 Å². The van der Waals surface area contributed by atoms with E-state index in [1.54, 1.807) is 13.2 Å². The summed E-state index contributed by atoms with van der Waals surface area (Å²) in [5.74, 6) is 0.830. The SMILES string of the molecule is COC(=O)c1cc2c(c3c1C[C@]1(C)[C@@H](C)CC[C@H]4C(C)(C)[C@@H](Br)[C@H](OC)C[C@]41O3)CNC2=O. The molecule has 0 saturated heterocycles. The first kappa shape index (κ1) is 23.2. The summed E-state index contributed by atoms with van der Waals surface area (Å²) in [7, 11) is 3.17. The molecule has 0 aromatic heterocycles. The molecule has 1 amide bonds. The van der Waals surface area contributed by atoms with Crippen LogP contribution in [0, 0.1) is 22.7 Å². The predicted octanol–water partition coefficient (Wildman–Crippen LogP) is 4.65. The molecule has 2 aliphatic carbocycles. The number of rotatable bonds is 2. The number of carbonyl (C=O) groups excluding carboxylic acids is 2. The first-order chi connectivity index (χ1) is 15.5. The molecule has 5 rings (SSSR count). The Bertz CT molecular complexity index is 1040. The fraction of sp³-hybridized carbons (Fsp3) is 0.692. The zero-order valence-electron chi connectivity index (χ0n) is 20.3. The van der Waals surface area contributed by atoms with Gasteiger partial charge in [-0.3, -0.25) is 4.79 Å². The van der Waals surface area contributed by atoms with Gasteiger partial charge in [-0.05, 0) is 36.7 Å². The number of alkyl halides is 1. The summed E-state index contributed by atoms with van der Waals surface area (Å²) in [5, 5.41) is 2.92. The number of nitrogens with one attached hydrogen (secondary N) is 1. The second-order valence-electron chi connectivity index (χ2n) is 11.3. The standard InChI is InChI=1S/C26H34BrNO5/c1-13-7-8-19-24(2,3)21(27)18(31-5)11-26(19)25(13,4)10-16-15(23(30)32-6)9-14-17(20(16)33-26)12-28-22(14)29/h9,13,18-19,21H,7-8,10-12H2,1-6H3,(H,28,29)/t13-,18+,19-,21-,25+,26-/m0/s1. The lowest BCUT2D eigenvalue weighted by atomic mass is 9.43. The van der Waals surface area contributed by atoms with Crippen molar-refractivity contribution in [3.05, 3.63) is 28.3 Å². The van der Waals surface area contributed by atoms with E-state index in [0.29, 0.717) is 41.7 Å². The predicted molar refractivity (Wildman–Crippen MR) is 128 cm³/mol. The molecule has 1 spiro atoms. The number of hydrogen-bond acceptors (Lipinski definition) is 5. The Morgan fingerprint density at radius 2 is 1.94 bits per heavy atom. The van der Waals surface area contributed by atoms with Crippen molar-refractivity contribution in [1.29, 1.82) is 0 Å². The minimum Gasteiger partial charge on any atom is -0.486 e. The normalized spacial score (nSPS) is 38.2. The van der Waals surface area contributed by atoms with Crippen molar-refractivity contribution in [1.82, 2.24) is 5.32 Å². The number of carbonyl (C=O) groups is 2. The highest BCUT2D eigenvalue weighted by Crippen LogP contribution is 2.67. The summed E-state index contributed by atoms with van der Waals surface area (Å²) in [4.78, 5) is 25.6. The molecule has 2 fully saturated rings. The summed E-state index contributed by atoms with van der Waals surface area (Å²) >= 11 is 3.98. The van der Waals surface area contributed by atoms with E-state index in [0.717, 1.165) is 30.4 Å². The number of benzene rings is 1. The molecule has 2 aliphatic heterocycles. The van der Waals surface area contributed by atoms with Crippen molar-refractivity contribution >= 4 is 27.8 Å². The number of fused-ring (bicyclic) bond motifs is 3. The quantitative estimate of drug-likeness (QED) is 0.454. The topological polar surface area (TPSA) is 73.9 Å². The lowest BCUT2D eigenvalue weighted by molar-refractivity contribution is -0.229. The van der Waals surface area contributed by atoms with Crippen molar-refractivity contribution in [3.63, 3.8) is 0 Å². The maximum absolute atomic E-state index is 12.8. The van der Waals surface area contributed by atoms with E-state index >= 15 is 0 Å². The summed E-state index contributed by atoms with van der Waals surface area (Å²) in [6, 6.07) is 1.70. The maximum atomic E-state index is 12.8. The van der Waals surface area contributed by atoms with E-state index in [9.17, 15) is 9.59 Å². The molecule has 33 heavy (non-hydrogen) atoms. The maximum Gasteiger partial charge on any atom is 0.338 e. The van der Waals surface area contributed by atoms with E-state index in [4.69, 9.17) is 14.2 Å². The molecule has 1 N–H and O–H groups in total. The number of esters is 1. The van der Waals surface area contributed by atoms with Gasteiger partial charge < -0.3 is 19.5 Å². The van der Waals surface area contributed by atoms with Gasteiger partial charge in [-0.1, -0.05) is 43.6 Å². The highest BCUT2D eigenvalue weighted by atomic mass is 79.9. The second kappa shape index (κ2) is 7.45. The van der Waals surface area contributed by atoms with Crippen LogP contribution in [0.25, 0.3) is 0 Å². The van der Waals surface area contributed by atoms with Gasteiger partial charge in [0.2, 0.25) is 0 Å². The smallest absolute Gasteiger partial charge is 0.338 e. The molecular formula is C26H34BrNO5. The van der Waals surface area contributed by atoms with E-state index in [1.807, 2.05) is 0 Å². The summed E-state index contributed by atoms with van der Waals surface area (Å²) in [6.45, 7) is 9.71. The molecule has 0 bridgehead atoms. The molecule has 1 aromatic carbocycles. The molecule has 0 unspecified atom stereocenters. The lowest BCUT2D eigenvalue weighted by Crippen LogP contribution is -2.72. The van der Waals surface area contributed by atoms with Gasteiger partial charge >= 0.3 is 5.97 Å². The van der Waals surface area contributed by atoms with E-state index in [1.165, 1.54) is 7.11 Å². The lowest BCUT2D eigenvalue weighted by Gasteiger charge is -2.68. The molecule has 6 atom stereocenters. The third-order valence-corrected chi connectivity index (χ3v) is 11.4. The minimum absolute atomic E-state index is 0.000907. The van der Waals surface area contributed by atoms with Gasteiger partial charge in [0.15, 0.2) is 0 Å². The molecule has 2 saturated carbocycles. The van der Waals surface area contributed by atoms with Crippen LogP contribution < -0.4 is 10.1 Å². The zero-order valence-corrected chi connectivity index (χ0v) is 21.9. The van der Waals surface area contributed by atoms with E-state index in [2.05, 4.69) is 48.9 Å². The highest BCUT2D eigenvalue weighted by Gasteiger charge is 2.69. The largest absolute Gasteiger partial charge is 0.486 e. The fourth-order valence-corrected chi connectivity index (χ4v) is 8.21. The Morgan fingerprint density at radius 3 is 2.61 bits per heavy atom. The molecule has 180 valence electrons. The van der Waals surface area contributed by atoms with Gasteiger partial charge in [0.05, 0.1) is 18.8 Å². The van der Waals surface area contributed by atoms with Gasteiger partial charge in [-0.2, -0.15) is 0 Å². The van der Waals surface area contributed by atoms with Crippen LogP contribution in [0.1, 0.15) is 78.8 Å². The Kier molecular flexibility index (Phi) is 5.23. The molecule has 7 heteroatoms. The molecule has 2 heterocycles. The highest BCUT2D eigenvalue weighted by molar-refractivity contribution is 9.09. The van der Waals surface area contributed by atoms with E-state index < -0.39 is 11.6 Å². The van der Waals surface area contributed by atoms with Gasteiger partial charge in [0.1, 0.15) is 11.4 Å². The van der Waals surface area contributed by atoms with Crippen molar-refractivity contribution in [2.45, 2.75) is 76.5 Å². The van der Waals surface area contributed by atoms with Gasteiger partial charge in [0.25, 0.3) is 5.91 Å². The number of halogens is 1. The Balaban J connectivity index is 1.77. The Hall–Kier alpha value is -1.60. The van der Waals surface area contributed by atoms with Crippen LogP contribution in [0.5, 0.6) is 5.75 Å². The molecule has 6 nitrogen and oxygen atoms in total. The van der Waals surface area contributed by atoms with Gasteiger partial charge in [-0.25, -0.2) is 4.79 Å². The molecule has 4 aliphatic rings. The van der Waals surface area contributed by atoms with Crippen molar-refractivity contribution in [3.8, 4) is 5.75 Å².